The van der Waals surface area contributed by atoms with Gasteiger partial charge in [-0.3, -0.25) is 4.79 Å². The summed E-state index contributed by atoms with van der Waals surface area (Å²) >= 11 is 1.55. The molecule has 1 heterocycles. The summed E-state index contributed by atoms with van der Waals surface area (Å²) in [5, 5.41) is 12.3. The van der Waals surface area contributed by atoms with Gasteiger partial charge in [-0.2, -0.15) is 0 Å². The van der Waals surface area contributed by atoms with Crippen LogP contribution in [0.5, 0.6) is 0 Å². The second-order valence-corrected chi connectivity index (χ2v) is 4.59. The molecule has 0 aliphatic heterocycles. The fraction of sp³-hybridized carbons (Fsp3) is 0.273. The Balaban J connectivity index is 2.10. The monoisotopic (exact) mass is 236 g/mol. The van der Waals surface area contributed by atoms with Gasteiger partial charge in [0.25, 0.3) is 0 Å². The SMILES string of the molecule is Cc1ccc2nc(NCCC(=O)O)sc2c1. The fourth-order valence-corrected chi connectivity index (χ4v) is 2.37. The molecule has 0 saturated heterocycles. The van der Waals surface area contributed by atoms with E-state index in [-0.39, 0.29) is 6.42 Å². The van der Waals surface area contributed by atoms with Gasteiger partial charge in [-0.05, 0) is 24.6 Å². The summed E-state index contributed by atoms with van der Waals surface area (Å²) in [6.07, 6.45) is 0.106. The Morgan fingerprint density at radius 3 is 3.12 bits per heavy atom. The van der Waals surface area contributed by atoms with E-state index in [1.165, 1.54) is 5.56 Å². The van der Waals surface area contributed by atoms with Crippen LogP contribution in [0.25, 0.3) is 10.2 Å². The van der Waals surface area contributed by atoms with Crippen molar-refractivity contribution < 1.29 is 9.90 Å². The van der Waals surface area contributed by atoms with Crippen molar-refractivity contribution in [2.45, 2.75) is 13.3 Å². The van der Waals surface area contributed by atoms with Crippen LogP contribution in [0.15, 0.2) is 18.2 Å². The van der Waals surface area contributed by atoms with Crippen LogP contribution in [0, 0.1) is 6.92 Å². The predicted molar refractivity (Wildman–Crippen MR) is 65.1 cm³/mol. The van der Waals surface area contributed by atoms with Gasteiger partial charge in [0.15, 0.2) is 5.13 Å². The molecule has 1 aromatic carbocycles. The summed E-state index contributed by atoms with van der Waals surface area (Å²) in [5.74, 6) is -0.801. The molecule has 2 aromatic rings. The van der Waals surface area contributed by atoms with E-state index >= 15 is 0 Å². The number of benzene rings is 1. The summed E-state index contributed by atoms with van der Waals surface area (Å²) < 4.78 is 1.12. The molecule has 0 bridgehead atoms. The molecule has 2 rings (SSSR count). The lowest BCUT2D eigenvalue weighted by Crippen LogP contribution is -2.06. The maximum absolute atomic E-state index is 10.3. The highest BCUT2D eigenvalue weighted by Gasteiger charge is 2.03. The maximum Gasteiger partial charge on any atom is 0.305 e. The number of carboxylic acid groups (broad SMARTS) is 1. The molecule has 0 aliphatic rings. The Morgan fingerprint density at radius 2 is 2.38 bits per heavy atom. The summed E-state index contributed by atoms with van der Waals surface area (Å²) in [7, 11) is 0. The second-order valence-electron chi connectivity index (χ2n) is 3.56. The van der Waals surface area contributed by atoms with Crippen molar-refractivity contribution in [1.82, 2.24) is 4.98 Å². The van der Waals surface area contributed by atoms with Crippen LogP contribution in [-0.2, 0) is 4.79 Å². The standard InChI is InChI=1S/C11H12N2O2S/c1-7-2-3-8-9(6-7)16-11(13-8)12-5-4-10(14)15/h2-3,6H,4-5H2,1H3,(H,12,13)(H,14,15). The van der Waals surface area contributed by atoms with Gasteiger partial charge in [0.05, 0.1) is 16.6 Å². The number of aromatic nitrogens is 1. The Labute approximate surface area is 96.9 Å². The molecule has 0 unspecified atom stereocenters. The van der Waals surface area contributed by atoms with Gasteiger partial charge >= 0.3 is 5.97 Å². The molecule has 0 aliphatic carbocycles. The quantitative estimate of drug-likeness (QED) is 0.856. The van der Waals surface area contributed by atoms with Crippen LogP contribution in [0.2, 0.25) is 0 Å². The Bertz CT molecular complexity index is 522. The first-order valence-corrected chi connectivity index (χ1v) is 5.79. The van der Waals surface area contributed by atoms with Crippen molar-refractivity contribution >= 4 is 32.7 Å². The molecule has 0 fully saturated rings. The van der Waals surface area contributed by atoms with Crippen molar-refractivity contribution in [3.8, 4) is 0 Å². The van der Waals surface area contributed by atoms with Gasteiger partial charge in [0.1, 0.15) is 0 Å². The zero-order valence-electron chi connectivity index (χ0n) is 8.86. The molecular formula is C11H12N2O2S. The third kappa shape index (κ3) is 2.49. The van der Waals surface area contributed by atoms with Crippen LogP contribution in [0.3, 0.4) is 0 Å². The lowest BCUT2D eigenvalue weighted by atomic mass is 10.2. The van der Waals surface area contributed by atoms with E-state index in [4.69, 9.17) is 5.11 Å². The van der Waals surface area contributed by atoms with E-state index in [0.717, 1.165) is 15.3 Å². The first kappa shape index (κ1) is 10.9. The molecule has 1 aromatic heterocycles. The van der Waals surface area contributed by atoms with Gasteiger partial charge < -0.3 is 10.4 Å². The van der Waals surface area contributed by atoms with Gasteiger partial charge in [-0.25, -0.2) is 4.98 Å². The molecule has 0 saturated carbocycles. The van der Waals surface area contributed by atoms with Crippen LogP contribution in [0.1, 0.15) is 12.0 Å². The normalized spacial score (nSPS) is 10.6. The summed E-state index contributed by atoms with van der Waals surface area (Å²) in [5.41, 5.74) is 2.15. The summed E-state index contributed by atoms with van der Waals surface area (Å²) in [6.45, 7) is 2.45. The number of carbonyl (C=O) groups is 1. The molecule has 16 heavy (non-hydrogen) atoms. The zero-order chi connectivity index (χ0) is 11.5. The minimum absolute atomic E-state index is 0.106. The summed E-state index contributed by atoms with van der Waals surface area (Å²) in [4.78, 5) is 14.7. The van der Waals surface area contributed by atoms with Crippen molar-refractivity contribution in [3.05, 3.63) is 23.8 Å². The van der Waals surface area contributed by atoms with Crippen LogP contribution in [0.4, 0.5) is 5.13 Å². The molecule has 0 spiro atoms. The maximum atomic E-state index is 10.3. The van der Waals surface area contributed by atoms with Gasteiger partial charge in [0, 0.05) is 6.54 Å². The zero-order valence-corrected chi connectivity index (χ0v) is 9.67. The smallest absolute Gasteiger partial charge is 0.305 e. The Morgan fingerprint density at radius 1 is 1.56 bits per heavy atom. The number of thiazole rings is 1. The number of aryl methyl sites for hydroxylation is 1. The molecular weight excluding hydrogens is 224 g/mol. The summed E-state index contributed by atoms with van der Waals surface area (Å²) in [6, 6.07) is 6.07. The second kappa shape index (κ2) is 4.49. The van der Waals surface area contributed by atoms with Crippen molar-refractivity contribution in [2.24, 2.45) is 0 Å². The number of fused-ring (bicyclic) bond motifs is 1. The predicted octanol–water partition coefficient (Wildman–Crippen LogP) is 2.49. The molecule has 0 atom stereocenters. The average Bonchev–Trinajstić information content (AvgIpc) is 2.58. The van der Waals surface area contributed by atoms with Gasteiger partial charge in [0.2, 0.25) is 0 Å². The van der Waals surface area contributed by atoms with Gasteiger partial charge in [-0.15, -0.1) is 0 Å². The number of hydrogen-bond acceptors (Lipinski definition) is 4. The first-order valence-electron chi connectivity index (χ1n) is 4.98. The number of anilines is 1. The highest BCUT2D eigenvalue weighted by Crippen LogP contribution is 2.26. The third-order valence-corrected chi connectivity index (χ3v) is 3.13. The highest BCUT2D eigenvalue weighted by molar-refractivity contribution is 7.22. The molecule has 0 amide bonds. The molecule has 5 heteroatoms. The minimum Gasteiger partial charge on any atom is -0.481 e. The van der Waals surface area contributed by atoms with Crippen LogP contribution in [-0.4, -0.2) is 22.6 Å². The highest BCUT2D eigenvalue weighted by atomic mass is 32.1. The van der Waals surface area contributed by atoms with E-state index < -0.39 is 5.97 Å². The lowest BCUT2D eigenvalue weighted by Gasteiger charge is -1.97. The molecule has 84 valence electrons. The van der Waals surface area contributed by atoms with Crippen molar-refractivity contribution in [3.63, 3.8) is 0 Å². The number of rotatable bonds is 4. The average molecular weight is 236 g/mol. The largest absolute Gasteiger partial charge is 0.481 e. The van der Waals surface area contributed by atoms with E-state index in [0.29, 0.717) is 6.54 Å². The van der Waals surface area contributed by atoms with Crippen LogP contribution < -0.4 is 5.32 Å². The van der Waals surface area contributed by atoms with Gasteiger partial charge in [-0.1, -0.05) is 17.4 Å². The van der Waals surface area contributed by atoms with E-state index in [1.807, 2.05) is 19.1 Å². The van der Waals surface area contributed by atoms with Crippen molar-refractivity contribution in [1.29, 1.82) is 0 Å². The molecule has 2 N–H and O–H groups in total. The van der Waals surface area contributed by atoms with E-state index in [1.54, 1.807) is 11.3 Å². The van der Waals surface area contributed by atoms with Crippen molar-refractivity contribution in [2.75, 3.05) is 11.9 Å². The third-order valence-electron chi connectivity index (χ3n) is 2.16. The number of nitrogens with zero attached hydrogens (tertiary/aromatic N) is 1. The van der Waals surface area contributed by atoms with E-state index in [2.05, 4.69) is 16.4 Å². The Hall–Kier alpha value is -1.62. The minimum atomic E-state index is -0.801. The lowest BCUT2D eigenvalue weighted by molar-refractivity contribution is -0.136. The number of carboxylic acids is 1. The Kier molecular flexibility index (Phi) is 3.05. The van der Waals surface area contributed by atoms with E-state index in [9.17, 15) is 4.79 Å². The number of aliphatic carboxylic acids is 1. The molecule has 0 radical (unpaired) electrons. The molecule has 4 nitrogen and oxygen atoms in total. The number of nitrogens with one attached hydrogen (secondary N) is 1. The van der Waals surface area contributed by atoms with Crippen LogP contribution >= 0.6 is 11.3 Å². The number of hydrogen-bond donors (Lipinski definition) is 2. The fourth-order valence-electron chi connectivity index (χ4n) is 1.38. The first-order chi connectivity index (χ1) is 7.65. The topological polar surface area (TPSA) is 62.2 Å².